The average Bonchev–Trinajstić information content (AvgIpc) is 3.37. The number of ether oxygens (including phenoxy) is 2. The topological polar surface area (TPSA) is 87.7 Å². The number of nitrogens with zero attached hydrogens (tertiary/aromatic N) is 4. The number of hydrogen-bond donors (Lipinski definition) is 0. The van der Waals surface area contributed by atoms with Gasteiger partial charge in [0.25, 0.3) is 5.56 Å². The van der Waals surface area contributed by atoms with Crippen LogP contribution in [0.5, 0.6) is 5.75 Å². The molecule has 2 aromatic heterocycles. The molecular formula is C23H24N4O4S. The van der Waals surface area contributed by atoms with Crippen LogP contribution < -0.4 is 19.6 Å². The lowest BCUT2D eigenvalue weighted by Gasteiger charge is -2.24. The molecule has 0 spiro atoms. The van der Waals surface area contributed by atoms with Crippen molar-refractivity contribution in [1.29, 1.82) is 0 Å². The molecule has 0 aliphatic carbocycles. The van der Waals surface area contributed by atoms with Gasteiger partial charge in [-0.1, -0.05) is 23.5 Å². The van der Waals surface area contributed by atoms with Crippen molar-refractivity contribution in [3.8, 4) is 5.75 Å². The van der Waals surface area contributed by atoms with Gasteiger partial charge in [0.2, 0.25) is 0 Å². The molecule has 0 saturated heterocycles. The third-order valence-corrected chi connectivity index (χ3v) is 6.26. The fourth-order valence-corrected chi connectivity index (χ4v) is 4.79. The number of aryl methyl sites for hydroxylation is 1. The smallest absolute Gasteiger partial charge is 0.338 e. The van der Waals surface area contributed by atoms with E-state index in [-0.39, 0.29) is 12.2 Å². The SMILES string of the molecule is CCOC(=O)C1=C(C)N=c2sc(=Cc3ccnn3CC)c(=O)n2C1c1ccc(OC)cc1. The second-order valence-electron chi connectivity index (χ2n) is 7.15. The van der Waals surface area contributed by atoms with E-state index in [1.54, 1.807) is 31.7 Å². The molecule has 0 bridgehead atoms. The zero-order chi connectivity index (χ0) is 22.8. The minimum Gasteiger partial charge on any atom is -0.497 e. The number of carbonyl (C=O) groups excluding carboxylic acids is 1. The van der Waals surface area contributed by atoms with Gasteiger partial charge in [-0.15, -0.1) is 0 Å². The van der Waals surface area contributed by atoms with E-state index in [1.165, 1.54) is 11.3 Å². The highest BCUT2D eigenvalue weighted by Gasteiger charge is 2.33. The van der Waals surface area contributed by atoms with Crippen LogP contribution in [0.4, 0.5) is 0 Å². The predicted octanol–water partition coefficient (Wildman–Crippen LogP) is 2.02. The fraction of sp³-hybridized carbons (Fsp3) is 0.304. The Bertz CT molecular complexity index is 1360. The number of carbonyl (C=O) groups is 1. The molecule has 32 heavy (non-hydrogen) atoms. The van der Waals surface area contributed by atoms with Crippen molar-refractivity contribution in [2.45, 2.75) is 33.4 Å². The Balaban J connectivity index is 1.95. The summed E-state index contributed by atoms with van der Waals surface area (Å²) in [5.74, 6) is 0.209. The van der Waals surface area contributed by atoms with Gasteiger partial charge in [-0.2, -0.15) is 5.10 Å². The lowest BCUT2D eigenvalue weighted by molar-refractivity contribution is -0.139. The summed E-state index contributed by atoms with van der Waals surface area (Å²) >= 11 is 1.29. The quantitative estimate of drug-likeness (QED) is 0.534. The Morgan fingerprint density at radius 1 is 1.22 bits per heavy atom. The van der Waals surface area contributed by atoms with Gasteiger partial charge >= 0.3 is 5.97 Å². The molecule has 0 radical (unpaired) electrons. The van der Waals surface area contributed by atoms with Crippen molar-refractivity contribution in [2.24, 2.45) is 4.99 Å². The van der Waals surface area contributed by atoms with E-state index >= 15 is 0 Å². The molecule has 166 valence electrons. The highest BCUT2D eigenvalue weighted by molar-refractivity contribution is 7.07. The van der Waals surface area contributed by atoms with E-state index < -0.39 is 12.0 Å². The highest BCUT2D eigenvalue weighted by Crippen LogP contribution is 2.31. The molecule has 8 nitrogen and oxygen atoms in total. The number of thiazole rings is 1. The minimum absolute atomic E-state index is 0.215. The first-order valence-corrected chi connectivity index (χ1v) is 11.2. The molecule has 0 N–H and O–H groups in total. The first-order valence-electron chi connectivity index (χ1n) is 10.3. The Labute approximate surface area is 188 Å². The van der Waals surface area contributed by atoms with Crippen molar-refractivity contribution >= 4 is 23.4 Å². The Morgan fingerprint density at radius 3 is 2.62 bits per heavy atom. The minimum atomic E-state index is -0.644. The Morgan fingerprint density at radius 2 is 1.97 bits per heavy atom. The molecule has 1 aromatic carbocycles. The number of fused-ring (bicyclic) bond motifs is 1. The molecule has 0 amide bonds. The summed E-state index contributed by atoms with van der Waals surface area (Å²) in [6.45, 7) is 6.44. The molecule has 1 atom stereocenters. The summed E-state index contributed by atoms with van der Waals surface area (Å²) in [6, 6.07) is 8.54. The molecule has 3 aromatic rings. The molecule has 1 aliphatic heterocycles. The third-order valence-electron chi connectivity index (χ3n) is 5.28. The highest BCUT2D eigenvalue weighted by atomic mass is 32.1. The molecule has 9 heteroatoms. The maximum atomic E-state index is 13.5. The van der Waals surface area contributed by atoms with Crippen molar-refractivity contribution in [3.05, 3.63) is 78.7 Å². The van der Waals surface area contributed by atoms with Crippen LogP contribution in [0.2, 0.25) is 0 Å². The number of aromatic nitrogens is 3. The van der Waals surface area contributed by atoms with E-state index in [4.69, 9.17) is 9.47 Å². The lowest BCUT2D eigenvalue weighted by atomic mass is 9.96. The predicted molar refractivity (Wildman–Crippen MR) is 121 cm³/mol. The Kier molecular flexibility index (Phi) is 6.09. The maximum absolute atomic E-state index is 13.5. The van der Waals surface area contributed by atoms with Crippen molar-refractivity contribution in [2.75, 3.05) is 13.7 Å². The van der Waals surface area contributed by atoms with Gasteiger partial charge < -0.3 is 9.47 Å². The molecule has 1 unspecified atom stereocenters. The number of benzene rings is 1. The van der Waals surface area contributed by atoms with Crippen LogP contribution in [0.15, 0.2) is 57.6 Å². The number of hydrogen-bond acceptors (Lipinski definition) is 7. The van der Waals surface area contributed by atoms with E-state index in [0.717, 1.165) is 11.3 Å². The number of esters is 1. The lowest BCUT2D eigenvalue weighted by Crippen LogP contribution is -2.40. The third kappa shape index (κ3) is 3.80. The van der Waals surface area contributed by atoms with Gasteiger partial charge in [-0.3, -0.25) is 14.0 Å². The van der Waals surface area contributed by atoms with Crippen molar-refractivity contribution < 1.29 is 14.3 Å². The molecule has 3 heterocycles. The first-order chi connectivity index (χ1) is 15.5. The summed E-state index contributed by atoms with van der Waals surface area (Å²) < 4.78 is 14.5. The van der Waals surface area contributed by atoms with Crippen LogP contribution in [-0.2, 0) is 16.1 Å². The van der Waals surface area contributed by atoms with E-state index in [9.17, 15) is 9.59 Å². The van der Waals surface area contributed by atoms with Gasteiger partial charge in [0.15, 0.2) is 4.80 Å². The van der Waals surface area contributed by atoms with Crippen LogP contribution >= 0.6 is 11.3 Å². The second kappa shape index (κ2) is 8.96. The fourth-order valence-electron chi connectivity index (χ4n) is 3.76. The molecule has 0 fully saturated rings. The zero-order valence-corrected chi connectivity index (χ0v) is 19.2. The maximum Gasteiger partial charge on any atom is 0.338 e. The second-order valence-corrected chi connectivity index (χ2v) is 8.16. The van der Waals surface area contributed by atoms with E-state index in [2.05, 4.69) is 10.1 Å². The van der Waals surface area contributed by atoms with Gasteiger partial charge in [-0.05, 0) is 50.6 Å². The zero-order valence-electron chi connectivity index (χ0n) is 18.4. The monoisotopic (exact) mass is 452 g/mol. The van der Waals surface area contributed by atoms with Gasteiger partial charge in [-0.25, -0.2) is 9.79 Å². The van der Waals surface area contributed by atoms with E-state index in [0.29, 0.717) is 32.9 Å². The van der Waals surface area contributed by atoms with Gasteiger partial charge in [0.05, 0.1) is 41.3 Å². The van der Waals surface area contributed by atoms with Crippen LogP contribution in [-0.4, -0.2) is 34.0 Å². The van der Waals surface area contributed by atoms with Gasteiger partial charge in [0, 0.05) is 12.7 Å². The van der Waals surface area contributed by atoms with Crippen molar-refractivity contribution in [3.63, 3.8) is 0 Å². The van der Waals surface area contributed by atoms with Crippen LogP contribution in [0.1, 0.15) is 38.1 Å². The summed E-state index contributed by atoms with van der Waals surface area (Å²) in [7, 11) is 1.59. The van der Waals surface area contributed by atoms with Gasteiger partial charge in [0.1, 0.15) is 5.75 Å². The summed E-state index contributed by atoms with van der Waals surface area (Å²) in [5.41, 5.74) is 2.28. The van der Waals surface area contributed by atoms with Crippen molar-refractivity contribution in [1.82, 2.24) is 14.3 Å². The summed E-state index contributed by atoms with van der Waals surface area (Å²) in [5, 5.41) is 4.27. The normalized spacial score (nSPS) is 16.0. The standard InChI is InChI=1S/C23H24N4O4S/c1-5-26-16(11-12-24-26)13-18-21(28)27-20(15-7-9-17(30-4)10-8-15)19(22(29)31-6-2)14(3)25-23(27)32-18/h7-13,20H,5-6H2,1-4H3. The average molecular weight is 453 g/mol. The summed E-state index contributed by atoms with van der Waals surface area (Å²) in [6.07, 6.45) is 3.52. The molecule has 1 aliphatic rings. The molecular weight excluding hydrogens is 428 g/mol. The Hall–Kier alpha value is -3.46. The largest absolute Gasteiger partial charge is 0.497 e. The van der Waals surface area contributed by atoms with Crippen LogP contribution in [0, 0.1) is 0 Å². The number of methoxy groups -OCH3 is 1. The summed E-state index contributed by atoms with van der Waals surface area (Å²) in [4.78, 5) is 31.5. The van der Waals surface area contributed by atoms with E-state index in [1.807, 2.05) is 48.0 Å². The first kappa shape index (κ1) is 21.8. The molecule has 4 rings (SSSR count). The molecule has 0 saturated carbocycles. The number of rotatable bonds is 6. The van der Waals surface area contributed by atoms with Crippen LogP contribution in [0.3, 0.4) is 0 Å². The number of allylic oxidation sites excluding steroid dienone is 1. The van der Waals surface area contributed by atoms with Crippen LogP contribution in [0.25, 0.3) is 6.08 Å².